The van der Waals surface area contributed by atoms with E-state index in [1.165, 1.54) is 27.1 Å². The number of carbonyl (C=O) groups excluding carboxylic acids is 4. The summed E-state index contributed by atoms with van der Waals surface area (Å²) in [5.41, 5.74) is 1.20. The Morgan fingerprint density at radius 3 is 1.65 bits per heavy atom. The fraction of sp³-hybridized carbons (Fsp3) is 0.269. The fourth-order valence-electron chi connectivity index (χ4n) is 4.98. The maximum atomic E-state index is 11.1. The van der Waals surface area contributed by atoms with Crippen LogP contribution in [-0.4, -0.2) is 35.0 Å². The third-order valence-corrected chi connectivity index (χ3v) is 6.66. The number of ether oxygens (including phenoxy) is 2. The van der Waals surface area contributed by atoms with Gasteiger partial charge in [-0.15, -0.1) is 0 Å². The molecule has 8 nitrogen and oxygen atoms in total. The first-order valence-electron chi connectivity index (χ1n) is 11.0. The van der Waals surface area contributed by atoms with Gasteiger partial charge in [-0.2, -0.15) is 0 Å². The van der Waals surface area contributed by atoms with Gasteiger partial charge in [-0.3, -0.25) is 24.0 Å². The molecule has 2 heterocycles. The van der Waals surface area contributed by atoms with E-state index in [9.17, 15) is 24.0 Å². The molecule has 6 rings (SSSR count). The van der Waals surface area contributed by atoms with E-state index in [-0.39, 0.29) is 6.42 Å². The Hall–Kier alpha value is -4.07. The Morgan fingerprint density at radius 2 is 1.15 bits per heavy atom. The highest BCUT2D eigenvalue weighted by Gasteiger charge is 2.72. The predicted molar refractivity (Wildman–Crippen MR) is 118 cm³/mol. The maximum Gasteiger partial charge on any atom is 0.318 e. The lowest BCUT2D eigenvalue weighted by atomic mass is 9.59. The molecule has 1 saturated carbocycles. The molecular formula is C26H20O8. The molecule has 1 aliphatic carbocycles. The molecule has 3 aliphatic rings. The molecule has 0 spiro atoms. The van der Waals surface area contributed by atoms with Crippen LogP contribution in [-0.2, 0) is 39.9 Å². The minimum atomic E-state index is -0.786. The van der Waals surface area contributed by atoms with Gasteiger partial charge in [0.15, 0.2) is 0 Å². The van der Waals surface area contributed by atoms with Gasteiger partial charge < -0.3 is 14.6 Å². The van der Waals surface area contributed by atoms with Crippen LogP contribution in [0.25, 0.3) is 21.5 Å². The SMILES string of the molecule is O=C(O)CCCc1ccc2cc3ccccc3cc2c1.O=C1OC(=O)C2C1C1C(=O)OC(=O)C21. The lowest BCUT2D eigenvalue weighted by molar-refractivity contribution is -0.158. The first-order chi connectivity index (χ1) is 16.3. The predicted octanol–water partition coefficient (Wildman–Crippen LogP) is 3.03. The Bertz CT molecular complexity index is 1290. The largest absolute Gasteiger partial charge is 0.481 e. The highest BCUT2D eigenvalue weighted by molar-refractivity contribution is 6.10. The number of benzene rings is 3. The molecule has 0 radical (unpaired) electrons. The van der Waals surface area contributed by atoms with Gasteiger partial charge in [-0.05, 0) is 52.1 Å². The van der Waals surface area contributed by atoms with Gasteiger partial charge in [-0.1, -0.05) is 42.5 Å². The zero-order chi connectivity index (χ0) is 24.0. The zero-order valence-corrected chi connectivity index (χ0v) is 17.9. The highest BCUT2D eigenvalue weighted by Crippen LogP contribution is 2.54. The number of carboxylic acid groups (broad SMARTS) is 1. The van der Waals surface area contributed by atoms with Crippen molar-refractivity contribution in [3.63, 3.8) is 0 Å². The molecule has 172 valence electrons. The van der Waals surface area contributed by atoms with E-state index in [0.29, 0.717) is 6.42 Å². The standard InChI is InChI=1S/C18H16O2.C8H4O6/c19-18(20)7-3-4-13-8-9-16-11-14-5-1-2-6-15(14)12-17(16)10-13;9-5-1-2(6(10)13-5)4-3(1)7(11)14-8(4)12/h1-2,5-6,8-12H,3-4,7H2,(H,19,20);1-4H. The number of aryl methyl sites for hydroxylation is 1. The molecule has 2 saturated heterocycles. The van der Waals surface area contributed by atoms with E-state index in [2.05, 4.69) is 58.0 Å². The highest BCUT2D eigenvalue weighted by atomic mass is 16.6. The Morgan fingerprint density at radius 1 is 0.676 bits per heavy atom. The average molecular weight is 460 g/mol. The van der Waals surface area contributed by atoms with Gasteiger partial charge in [0.1, 0.15) is 0 Å². The topological polar surface area (TPSA) is 124 Å². The van der Waals surface area contributed by atoms with Crippen LogP contribution in [0.1, 0.15) is 18.4 Å². The van der Waals surface area contributed by atoms with Gasteiger partial charge in [0.25, 0.3) is 0 Å². The second-order valence-corrected chi connectivity index (χ2v) is 8.71. The Kier molecular flexibility index (Phi) is 5.36. The lowest BCUT2D eigenvalue weighted by Gasteiger charge is -2.33. The number of fused-ring (bicyclic) bond motifs is 6. The van der Waals surface area contributed by atoms with Gasteiger partial charge in [0.05, 0.1) is 23.7 Å². The average Bonchev–Trinajstić information content (AvgIpc) is 3.14. The monoisotopic (exact) mass is 460 g/mol. The summed E-state index contributed by atoms with van der Waals surface area (Å²) in [5.74, 6) is -6.73. The Labute approximate surface area is 193 Å². The fourth-order valence-corrected chi connectivity index (χ4v) is 4.98. The summed E-state index contributed by atoms with van der Waals surface area (Å²) in [7, 11) is 0. The van der Waals surface area contributed by atoms with Gasteiger partial charge in [0.2, 0.25) is 0 Å². The number of aliphatic carboxylic acids is 1. The van der Waals surface area contributed by atoms with Crippen LogP contribution in [0.5, 0.6) is 0 Å². The van der Waals surface area contributed by atoms with Crippen molar-refractivity contribution in [2.45, 2.75) is 19.3 Å². The molecule has 0 bridgehead atoms. The number of hydrogen-bond donors (Lipinski definition) is 1. The molecule has 3 aromatic carbocycles. The van der Waals surface area contributed by atoms with Crippen LogP contribution in [0.15, 0.2) is 54.6 Å². The van der Waals surface area contributed by atoms with E-state index in [4.69, 9.17) is 5.11 Å². The number of hydrogen-bond acceptors (Lipinski definition) is 7. The number of carbonyl (C=O) groups is 5. The van der Waals surface area contributed by atoms with Crippen LogP contribution in [0, 0.1) is 23.7 Å². The van der Waals surface area contributed by atoms with Crippen molar-refractivity contribution >= 4 is 51.4 Å². The number of carboxylic acids is 1. The third-order valence-electron chi connectivity index (χ3n) is 6.66. The summed E-state index contributed by atoms with van der Waals surface area (Å²) in [6, 6.07) is 19.1. The third kappa shape index (κ3) is 3.71. The molecule has 0 atom stereocenters. The summed E-state index contributed by atoms with van der Waals surface area (Å²) >= 11 is 0. The molecule has 0 amide bonds. The van der Waals surface area contributed by atoms with Gasteiger partial charge >= 0.3 is 29.8 Å². The summed E-state index contributed by atoms with van der Waals surface area (Å²) < 4.78 is 8.69. The first-order valence-corrected chi connectivity index (χ1v) is 11.0. The molecule has 2 aliphatic heterocycles. The van der Waals surface area contributed by atoms with Crippen LogP contribution in [0.4, 0.5) is 0 Å². The second-order valence-electron chi connectivity index (χ2n) is 8.71. The molecule has 1 N–H and O–H groups in total. The van der Waals surface area contributed by atoms with Gasteiger partial charge in [-0.25, -0.2) is 0 Å². The second kappa shape index (κ2) is 8.37. The number of esters is 4. The summed E-state index contributed by atoms with van der Waals surface area (Å²) in [6.45, 7) is 0. The summed E-state index contributed by atoms with van der Waals surface area (Å²) in [6.07, 6.45) is 1.74. The molecule has 3 aromatic rings. The normalized spacial score (nSPS) is 24.6. The summed E-state index contributed by atoms with van der Waals surface area (Å²) in [4.78, 5) is 54.9. The molecule has 8 heteroatoms. The van der Waals surface area contributed by atoms with Crippen molar-refractivity contribution in [3.05, 3.63) is 60.2 Å². The van der Waals surface area contributed by atoms with E-state index in [0.717, 1.165) is 6.42 Å². The van der Waals surface area contributed by atoms with E-state index < -0.39 is 53.5 Å². The van der Waals surface area contributed by atoms with Crippen molar-refractivity contribution in [2.75, 3.05) is 0 Å². The van der Waals surface area contributed by atoms with Gasteiger partial charge in [0, 0.05) is 6.42 Å². The quantitative estimate of drug-likeness (QED) is 0.358. The van der Waals surface area contributed by atoms with Crippen molar-refractivity contribution in [1.29, 1.82) is 0 Å². The Balaban J connectivity index is 0.000000150. The van der Waals surface area contributed by atoms with E-state index >= 15 is 0 Å². The van der Waals surface area contributed by atoms with Crippen molar-refractivity contribution < 1.29 is 38.6 Å². The van der Waals surface area contributed by atoms with Crippen LogP contribution < -0.4 is 0 Å². The molecule has 34 heavy (non-hydrogen) atoms. The summed E-state index contributed by atoms with van der Waals surface area (Å²) in [5, 5.41) is 13.6. The minimum Gasteiger partial charge on any atom is -0.481 e. The minimum absolute atomic E-state index is 0.232. The van der Waals surface area contributed by atoms with Crippen LogP contribution in [0.3, 0.4) is 0 Å². The van der Waals surface area contributed by atoms with E-state index in [1.807, 2.05) is 6.07 Å². The number of rotatable bonds is 4. The first kappa shape index (κ1) is 21.8. The zero-order valence-electron chi connectivity index (χ0n) is 17.9. The molecular weight excluding hydrogens is 440 g/mol. The van der Waals surface area contributed by atoms with E-state index in [1.54, 1.807) is 0 Å². The van der Waals surface area contributed by atoms with Crippen LogP contribution >= 0.6 is 0 Å². The molecule has 0 aromatic heterocycles. The molecule has 3 fully saturated rings. The maximum absolute atomic E-state index is 11.1. The van der Waals surface area contributed by atoms with Crippen molar-refractivity contribution in [3.8, 4) is 0 Å². The molecule has 0 unspecified atom stereocenters. The van der Waals surface area contributed by atoms with Crippen molar-refractivity contribution in [2.24, 2.45) is 23.7 Å². The van der Waals surface area contributed by atoms with Crippen molar-refractivity contribution in [1.82, 2.24) is 0 Å². The van der Waals surface area contributed by atoms with Crippen LogP contribution in [0.2, 0.25) is 0 Å². The number of cyclic esters (lactones) is 4. The smallest absolute Gasteiger partial charge is 0.318 e. The lowest BCUT2D eigenvalue weighted by Crippen LogP contribution is -2.50.